The molecule has 142 valence electrons. The number of hydrogen-bond acceptors (Lipinski definition) is 5. The van der Waals surface area contributed by atoms with Gasteiger partial charge in [0.15, 0.2) is 0 Å². The summed E-state index contributed by atoms with van der Waals surface area (Å²) in [5.74, 6) is -0.543. The monoisotopic (exact) mass is 388 g/mol. The molecule has 0 fully saturated rings. The van der Waals surface area contributed by atoms with Gasteiger partial charge in [0.2, 0.25) is 10.0 Å². The molecule has 2 N–H and O–H groups in total. The first-order valence-electron chi connectivity index (χ1n) is 8.23. The van der Waals surface area contributed by atoms with E-state index in [1.54, 1.807) is 6.07 Å². The number of rotatable bonds is 6. The molecule has 0 aliphatic carbocycles. The summed E-state index contributed by atoms with van der Waals surface area (Å²) in [7, 11) is -0.636. The summed E-state index contributed by atoms with van der Waals surface area (Å²) in [6.45, 7) is -0.167. The minimum Gasteiger partial charge on any atom is -0.465 e. The predicted octanol–water partition coefficient (Wildman–Crippen LogP) is 1.98. The quantitative estimate of drug-likeness (QED) is 0.629. The molecule has 1 unspecified atom stereocenters. The summed E-state index contributed by atoms with van der Waals surface area (Å²) in [6.07, 6.45) is 0.931. The third-order valence-corrected chi connectivity index (χ3v) is 5.79. The Hall–Kier alpha value is -2.68. The summed E-state index contributed by atoms with van der Waals surface area (Å²) in [4.78, 5) is 11.4. The van der Waals surface area contributed by atoms with E-state index < -0.39 is 22.1 Å². The van der Waals surface area contributed by atoms with E-state index in [1.165, 1.54) is 31.4 Å². The van der Waals surface area contributed by atoms with E-state index in [2.05, 4.69) is 9.46 Å². The van der Waals surface area contributed by atoms with Gasteiger partial charge in [0.1, 0.15) is 0 Å². The Bertz CT molecular complexity index is 1070. The number of fused-ring (bicyclic) bond motifs is 1. The first-order valence-corrected chi connectivity index (χ1v) is 9.71. The van der Waals surface area contributed by atoms with Crippen molar-refractivity contribution in [2.45, 2.75) is 11.0 Å². The number of hydrogen-bond donors (Lipinski definition) is 2. The molecule has 0 aliphatic rings. The number of aromatic nitrogens is 1. The van der Waals surface area contributed by atoms with Crippen molar-refractivity contribution in [3.8, 4) is 0 Å². The number of sulfonamides is 1. The van der Waals surface area contributed by atoms with Crippen molar-refractivity contribution < 1.29 is 23.1 Å². The van der Waals surface area contributed by atoms with Crippen LogP contribution in [-0.4, -0.2) is 37.7 Å². The van der Waals surface area contributed by atoms with Gasteiger partial charge >= 0.3 is 5.97 Å². The van der Waals surface area contributed by atoms with Crippen molar-refractivity contribution in [3.63, 3.8) is 0 Å². The summed E-state index contributed by atoms with van der Waals surface area (Å²) >= 11 is 0. The van der Waals surface area contributed by atoms with Crippen molar-refractivity contribution in [2.24, 2.45) is 7.05 Å². The molecule has 0 radical (unpaired) electrons. The maximum Gasteiger partial charge on any atom is 0.337 e. The molecule has 0 saturated carbocycles. The van der Waals surface area contributed by atoms with Gasteiger partial charge < -0.3 is 14.4 Å². The second-order valence-corrected chi connectivity index (χ2v) is 7.90. The third-order valence-electron chi connectivity index (χ3n) is 4.35. The average molecular weight is 388 g/mol. The van der Waals surface area contributed by atoms with Crippen LogP contribution in [0.25, 0.3) is 10.9 Å². The van der Waals surface area contributed by atoms with Crippen LogP contribution in [0.15, 0.2) is 59.6 Å². The van der Waals surface area contributed by atoms with Crippen molar-refractivity contribution in [1.29, 1.82) is 0 Å². The van der Waals surface area contributed by atoms with Crippen LogP contribution in [0.3, 0.4) is 0 Å². The third kappa shape index (κ3) is 4.02. The fourth-order valence-corrected chi connectivity index (χ4v) is 3.82. The maximum atomic E-state index is 12.4. The number of carbonyl (C=O) groups excluding carboxylic acids is 1. The highest BCUT2D eigenvalue weighted by atomic mass is 32.2. The van der Waals surface area contributed by atoms with Gasteiger partial charge in [-0.05, 0) is 53.4 Å². The number of nitrogens with zero attached hydrogens (tertiary/aromatic N) is 1. The van der Waals surface area contributed by atoms with Crippen LogP contribution >= 0.6 is 0 Å². The molecule has 0 amide bonds. The van der Waals surface area contributed by atoms with Crippen LogP contribution in [0, 0.1) is 0 Å². The molecule has 1 aromatic heterocycles. The van der Waals surface area contributed by atoms with E-state index in [-0.39, 0.29) is 17.0 Å². The Morgan fingerprint density at radius 1 is 1.19 bits per heavy atom. The molecule has 0 aliphatic heterocycles. The minimum atomic E-state index is -3.82. The van der Waals surface area contributed by atoms with Gasteiger partial charge in [-0.2, -0.15) is 0 Å². The molecule has 8 heteroatoms. The highest BCUT2D eigenvalue weighted by molar-refractivity contribution is 7.89. The topological polar surface area (TPSA) is 97.6 Å². The number of nitrogens with one attached hydrogen (secondary N) is 1. The van der Waals surface area contributed by atoms with Crippen LogP contribution in [0.4, 0.5) is 0 Å². The fourth-order valence-electron chi connectivity index (χ4n) is 2.79. The lowest BCUT2D eigenvalue weighted by Gasteiger charge is -2.13. The van der Waals surface area contributed by atoms with Crippen molar-refractivity contribution in [1.82, 2.24) is 9.29 Å². The number of aliphatic hydroxyl groups excluding tert-OH is 1. The van der Waals surface area contributed by atoms with Gasteiger partial charge in [-0.15, -0.1) is 0 Å². The van der Waals surface area contributed by atoms with E-state index in [1.807, 2.05) is 36.0 Å². The number of benzene rings is 2. The molecular weight excluding hydrogens is 368 g/mol. The van der Waals surface area contributed by atoms with Crippen LogP contribution in [-0.2, 0) is 21.8 Å². The van der Waals surface area contributed by atoms with Gasteiger partial charge in [0, 0.05) is 25.3 Å². The Labute approximate surface area is 157 Å². The summed E-state index contributed by atoms with van der Waals surface area (Å²) in [5.41, 5.74) is 1.90. The largest absolute Gasteiger partial charge is 0.465 e. The number of aliphatic hydroxyl groups is 1. The van der Waals surface area contributed by atoms with Gasteiger partial charge in [0.05, 0.1) is 23.7 Å². The first kappa shape index (κ1) is 19.1. The molecular formula is C19H20N2O5S. The highest BCUT2D eigenvalue weighted by Gasteiger charge is 2.18. The lowest BCUT2D eigenvalue weighted by molar-refractivity contribution is 0.0600. The molecule has 1 heterocycles. The Kier molecular flexibility index (Phi) is 5.31. The average Bonchev–Trinajstić information content (AvgIpc) is 3.06. The van der Waals surface area contributed by atoms with Crippen LogP contribution in [0.5, 0.6) is 0 Å². The minimum absolute atomic E-state index is 0.000800. The van der Waals surface area contributed by atoms with Gasteiger partial charge in [0.25, 0.3) is 0 Å². The van der Waals surface area contributed by atoms with Crippen molar-refractivity contribution in [3.05, 3.63) is 65.9 Å². The smallest absolute Gasteiger partial charge is 0.337 e. The lowest BCUT2D eigenvalue weighted by atomic mass is 10.1. The van der Waals surface area contributed by atoms with E-state index in [0.29, 0.717) is 5.56 Å². The van der Waals surface area contributed by atoms with Crippen molar-refractivity contribution in [2.75, 3.05) is 13.7 Å². The summed E-state index contributed by atoms with van der Waals surface area (Å²) < 4.78 is 33.7. The molecule has 2 aromatic carbocycles. The summed E-state index contributed by atoms with van der Waals surface area (Å²) in [6, 6.07) is 12.8. The van der Waals surface area contributed by atoms with Crippen LogP contribution in [0.2, 0.25) is 0 Å². The maximum absolute atomic E-state index is 12.4. The Morgan fingerprint density at radius 3 is 2.56 bits per heavy atom. The van der Waals surface area contributed by atoms with Crippen molar-refractivity contribution >= 4 is 26.9 Å². The highest BCUT2D eigenvalue weighted by Crippen LogP contribution is 2.21. The molecule has 3 aromatic rings. The Morgan fingerprint density at radius 2 is 1.89 bits per heavy atom. The first-order chi connectivity index (χ1) is 12.8. The second kappa shape index (κ2) is 7.51. The van der Waals surface area contributed by atoms with Crippen LogP contribution < -0.4 is 4.72 Å². The van der Waals surface area contributed by atoms with Gasteiger partial charge in [-0.25, -0.2) is 17.9 Å². The molecule has 0 spiro atoms. The predicted molar refractivity (Wildman–Crippen MR) is 101 cm³/mol. The van der Waals surface area contributed by atoms with E-state index >= 15 is 0 Å². The Balaban J connectivity index is 1.70. The zero-order valence-corrected chi connectivity index (χ0v) is 15.7. The molecule has 7 nitrogen and oxygen atoms in total. The molecule has 0 saturated heterocycles. The van der Waals surface area contributed by atoms with Gasteiger partial charge in [-0.1, -0.05) is 6.07 Å². The van der Waals surface area contributed by atoms with Crippen LogP contribution in [0.1, 0.15) is 22.0 Å². The van der Waals surface area contributed by atoms with E-state index in [0.717, 1.165) is 10.9 Å². The SMILES string of the molecule is COC(=O)c1ccc(S(=O)(=O)NCC(O)c2ccc3c(ccn3C)c2)cc1. The second-order valence-electron chi connectivity index (χ2n) is 6.13. The zero-order valence-electron chi connectivity index (χ0n) is 14.9. The van der Waals surface area contributed by atoms with E-state index in [4.69, 9.17) is 0 Å². The van der Waals surface area contributed by atoms with E-state index in [9.17, 15) is 18.3 Å². The normalized spacial score (nSPS) is 12.9. The fraction of sp³-hybridized carbons (Fsp3) is 0.211. The molecule has 27 heavy (non-hydrogen) atoms. The van der Waals surface area contributed by atoms with Gasteiger partial charge in [-0.3, -0.25) is 0 Å². The molecule has 3 rings (SSSR count). The summed E-state index contributed by atoms with van der Waals surface area (Å²) in [5, 5.41) is 11.3. The number of methoxy groups -OCH3 is 1. The molecule has 0 bridgehead atoms. The number of ether oxygens (including phenoxy) is 1. The molecule has 1 atom stereocenters. The number of carbonyl (C=O) groups is 1. The lowest BCUT2D eigenvalue weighted by Crippen LogP contribution is -2.28. The standard InChI is InChI=1S/C19H20N2O5S/c1-21-10-9-14-11-15(5-8-17(14)21)18(22)12-20-27(24,25)16-6-3-13(4-7-16)19(23)26-2/h3-11,18,20,22H,12H2,1-2H3. The zero-order chi connectivity index (χ0) is 19.6. The number of esters is 1. The number of aryl methyl sites for hydroxylation is 1.